The zero-order chi connectivity index (χ0) is 14.3. The van der Waals surface area contributed by atoms with Crippen LogP contribution in [0.4, 0.5) is 5.69 Å². The highest BCUT2D eigenvalue weighted by atomic mass is 32.2. The topological polar surface area (TPSA) is 46.2 Å². The minimum Gasteiger partial charge on any atom is -0.280 e. The van der Waals surface area contributed by atoms with Crippen molar-refractivity contribution in [2.75, 3.05) is 4.72 Å². The van der Waals surface area contributed by atoms with Gasteiger partial charge in [0.25, 0.3) is 10.0 Å². The van der Waals surface area contributed by atoms with Crippen molar-refractivity contribution in [1.29, 1.82) is 0 Å². The van der Waals surface area contributed by atoms with E-state index in [4.69, 9.17) is 0 Å². The number of hydrogen-bond donors (Lipinski definition) is 1. The van der Waals surface area contributed by atoms with Gasteiger partial charge in [-0.15, -0.1) is 0 Å². The molecule has 2 rings (SSSR count). The Morgan fingerprint density at radius 1 is 0.895 bits per heavy atom. The normalized spacial score (nSPS) is 10.3. The third-order valence-electron chi connectivity index (χ3n) is 2.32. The van der Waals surface area contributed by atoms with Crippen molar-refractivity contribution in [2.45, 2.75) is 25.7 Å². The maximum absolute atomic E-state index is 12.0. The van der Waals surface area contributed by atoms with E-state index >= 15 is 0 Å². The fourth-order valence-corrected chi connectivity index (χ4v) is 2.59. The molecular weight excluding hydrogens is 258 g/mol. The van der Waals surface area contributed by atoms with E-state index in [0.29, 0.717) is 5.69 Å². The summed E-state index contributed by atoms with van der Waals surface area (Å²) in [6.07, 6.45) is 0. The summed E-state index contributed by atoms with van der Waals surface area (Å²) in [5.41, 5.74) is 1.59. The number of hydrogen-bond acceptors (Lipinski definition) is 2. The molecule has 0 fully saturated rings. The number of aryl methyl sites for hydroxylation is 1. The molecule has 0 amide bonds. The van der Waals surface area contributed by atoms with Crippen LogP contribution in [0.5, 0.6) is 0 Å². The summed E-state index contributed by atoms with van der Waals surface area (Å²) < 4.78 is 26.6. The van der Waals surface area contributed by atoms with Gasteiger partial charge in [0.15, 0.2) is 0 Å². The molecule has 0 heterocycles. The number of nitrogens with one attached hydrogen (secondary N) is 1. The predicted octanol–water partition coefficient (Wildman–Crippen LogP) is 3.82. The molecule has 3 nitrogen and oxygen atoms in total. The van der Waals surface area contributed by atoms with E-state index in [1.54, 1.807) is 42.5 Å². The molecule has 1 N–H and O–H groups in total. The molecule has 0 radical (unpaired) electrons. The van der Waals surface area contributed by atoms with Gasteiger partial charge < -0.3 is 0 Å². The molecule has 2 aromatic rings. The van der Waals surface area contributed by atoms with Gasteiger partial charge in [-0.1, -0.05) is 44.2 Å². The lowest BCUT2D eigenvalue weighted by Crippen LogP contribution is -2.12. The Bertz CT molecular complexity index is 607. The quantitative estimate of drug-likeness (QED) is 0.927. The van der Waals surface area contributed by atoms with E-state index in [-0.39, 0.29) is 4.90 Å². The molecule has 2 aromatic carbocycles. The monoisotopic (exact) mass is 277 g/mol. The Balaban J connectivity index is 0.000000861. The van der Waals surface area contributed by atoms with E-state index in [9.17, 15) is 8.42 Å². The van der Waals surface area contributed by atoms with Gasteiger partial charge in [-0.05, 0) is 36.8 Å². The molecule has 102 valence electrons. The Morgan fingerprint density at radius 3 is 2.11 bits per heavy atom. The first-order chi connectivity index (χ1) is 9.08. The fourth-order valence-electron chi connectivity index (χ4n) is 1.52. The average Bonchev–Trinajstić information content (AvgIpc) is 2.41. The molecule has 4 heteroatoms. The molecular formula is C15H19NO2S. The highest BCUT2D eigenvalue weighted by Crippen LogP contribution is 2.16. The molecule has 0 saturated heterocycles. The zero-order valence-corrected chi connectivity index (χ0v) is 12.2. The summed E-state index contributed by atoms with van der Waals surface area (Å²) in [7, 11) is -3.48. The fraction of sp³-hybridized carbons (Fsp3) is 0.200. The molecule has 0 aliphatic heterocycles. The zero-order valence-electron chi connectivity index (χ0n) is 11.4. The van der Waals surface area contributed by atoms with Crippen LogP contribution in [0.15, 0.2) is 59.5 Å². The highest BCUT2D eigenvalue weighted by molar-refractivity contribution is 7.92. The highest BCUT2D eigenvalue weighted by Gasteiger charge is 2.12. The first kappa shape index (κ1) is 15.2. The molecule has 0 atom stereocenters. The molecule has 0 bridgehead atoms. The van der Waals surface area contributed by atoms with Gasteiger partial charge in [-0.25, -0.2) is 8.42 Å². The van der Waals surface area contributed by atoms with Crippen LogP contribution in [-0.4, -0.2) is 8.42 Å². The Morgan fingerprint density at radius 2 is 1.53 bits per heavy atom. The van der Waals surface area contributed by atoms with Crippen LogP contribution < -0.4 is 4.72 Å². The molecule has 0 aliphatic carbocycles. The third-order valence-corrected chi connectivity index (χ3v) is 3.72. The van der Waals surface area contributed by atoms with Crippen molar-refractivity contribution in [3.63, 3.8) is 0 Å². The molecule has 0 unspecified atom stereocenters. The summed E-state index contributed by atoms with van der Waals surface area (Å²) in [6.45, 7) is 5.92. The van der Waals surface area contributed by atoms with E-state index in [1.165, 1.54) is 0 Å². The Kier molecular flexibility index (Phi) is 5.57. The second-order valence-electron chi connectivity index (χ2n) is 3.79. The van der Waals surface area contributed by atoms with E-state index in [2.05, 4.69) is 4.72 Å². The van der Waals surface area contributed by atoms with Gasteiger partial charge in [0.2, 0.25) is 0 Å². The lowest BCUT2D eigenvalue weighted by atomic mass is 10.2. The Hall–Kier alpha value is -1.81. The summed E-state index contributed by atoms with van der Waals surface area (Å²) >= 11 is 0. The lowest BCUT2D eigenvalue weighted by Gasteiger charge is -2.08. The number of anilines is 1. The van der Waals surface area contributed by atoms with Gasteiger partial charge >= 0.3 is 0 Å². The van der Waals surface area contributed by atoms with Gasteiger partial charge in [0, 0.05) is 5.69 Å². The predicted molar refractivity (Wildman–Crippen MR) is 79.8 cm³/mol. The number of sulfonamides is 1. The smallest absolute Gasteiger partial charge is 0.261 e. The summed E-state index contributed by atoms with van der Waals surface area (Å²) in [5.74, 6) is 0. The molecule has 19 heavy (non-hydrogen) atoms. The summed E-state index contributed by atoms with van der Waals surface area (Å²) in [6, 6.07) is 15.6. The first-order valence-corrected chi connectivity index (χ1v) is 7.71. The largest absolute Gasteiger partial charge is 0.280 e. The molecule has 0 spiro atoms. The Labute approximate surface area is 115 Å². The minimum atomic E-state index is -3.48. The van der Waals surface area contributed by atoms with Gasteiger partial charge in [0.05, 0.1) is 4.90 Å². The first-order valence-electron chi connectivity index (χ1n) is 6.22. The summed E-state index contributed by atoms with van der Waals surface area (Å²) in [5, 5.41) is 0. The molecule has 0 aliphatic rings. The van der Waals surface area contributed by atoms with Crippen LogP contribution in [0, 0.1) is 6.92 Å². The van der Waals surface area contributed by atoms with Crippen molar-refractivity contribution in [1.82, 2.24) is 0 Å². The van der Waals surface area contributed by atoms with Crippen molar-refractivity contribution in [2.24, 2.45) is 0 Å². The SMILES string of the molecule is CC.Cc1cccc(NS(=O)(=O)c2ccccc2)c1. The van der Waals surface area contributed by atoms with Gasteiger partial charge in [-0.3, -0.25) is 4.72 Å². The standard InChI is InChI=1S/C13H13NO2S.C2H6/c1-11-6-5-7-12(10-11)14-17(15,16)13-8-3-2-4-9-13;1-2/h2-10,14H,1H3;1-2H3. The maximum atomic E-state index is 12.0. The van der Waals surface area contributed by atoms with Crippen LogP contribution in [0.2, 0.25) is 0 Å². The van der Waals surface area contributed by atoms with Gasteiger partial charge in [0.1, 0.15) is 0 Å². The minimum absolute atomic E-state index is 0.265. The van der Waals surface area contributed by atoms with Crippen molar-refractivity contribution in [3.8, 4) is 0 Å². The van der Waals surface area contributed by atoms with Crippen LogP contribution in [0.3, 0.4) is 0 Å². The summed E-state index contributed by atoms with van der Waals surface area (Å²) in [4.78, 5) is 0.265. The molecule has 0 aromatic heterocycles. The van der Waals surface area contributed by atoms with Crippen LogP contribution in [0.25, 0.3) is 0 Å². The van der Waals surface area contributed by atoms with E-state index in [1.807, 2.05) is 32.9 Å². The molecule has 0 saturated carbocycles. The second-order valence-corrected chi connectivity index (χ2v) is 5.47. The van der Waals surface area contributed by atoms with E-state index in [0.717, 1.165) is 5.56 Å². The third kappa shape index (κ3) is 4.41. The maximum Gasteiger partial charge on any atom is 0.261 e. The van der Waals surface area contributed by atoms with Crippen molar-refractivity contribution in [3.05, 3.63) is 60.2 Å². The van der Waals surface area contributed by atoms with Crippen LogP contribution in [0.1, 0.15) is 19.4 Å². The second kappa shape index (κ2) is 6.95. The van der Waals surface area contributed by atoms with Crippen molar-refractivity contribution < 1.29 is 8.42 Å². The average molecular weight is 277 g/mol. The lowest BCUT2D eigenvalue weighted by molar-refractivity contribution is 0.601. The number of rotatable bonds is 3. The van der Waals surface area contributed by atoms with Crippen LogP contribution in [-0.2, 0) is 10.0 Å². The van der Waals surface area contributed by atoms with Crippen LogP contribution >= 0.6 is 0 Å². The van der Waals surface area contributed by atoms with E-state index < -0.39 is 10.0 Å². The van der Waals surface area contributed by atoms with Crippen molar-refractivity contribution >= 4 is 15.7 Å². The van der Waals surface area contributed by atoms with Gasteiger partial charge in [-0.2, -0.15) is 0 Å². The number of benzene rings is 2.